The Morgan fingerprint density at radius 3 is 1.87 bits per heavy atom. The molecule has 5 aliphatic heterocycles. The van der Waals surface area contributed by atoms with E-state index in [0.717, 1.165) is 32.1 Å². The van der Waals surface area contributed by atoms with E-state index in [1.54, 1.807) is 0 Å². The molecule has 25 heteroatoms. The third-order valence-corrected chi connectivity index (χ3v) is 23.0. The molecule has 476 valence electrons. The molecule has 0 radical (unpaired) electrons. The highest BCUT2D eigenvalue weighted by molar-refractivity contribution is 5.79. The Bertz CT molecular complexity index is 2300. The van der Waals surface area contributed by atoms with Gasteiger partial charge in [-0.05, 0) is 116 Å². The molecule has 0 bridgehead atoms. The van der Waals surface area contributed by atoms with E-state index in [2.05, 4.69) is 54.5 Å². The van der Waals surface area contributed by atoms with Crippen LogP contribution in [0.15, 0.2) is 11.6 Å². The molecule has 5 aliphatic carbocycles. The van der Waals surface area contributed by atoms with Crippen molar-refractivity contribution in [2.75, 3.05) is 26.4 Å². The summed E-state index contributed by atoms with van der Waals surface area (Å²) >= 11 is 0. The summed E-state index contributed by atoms with van der Waals surface area (Å²) in [5, 5.41) is 150. The number of allylic oxidation sites excluding steroid dienone is 2. The molecule has 10 rings (SSSR count). The van der Waals surface area contributed by atoms with Crippen LogP contribution in [0.3, 0.4) is 0 Å². The first-order valence-corrected chi connectivity index (χ1v) is 30.1. The van der Waals surface area contributed by atoms with Crippen LogP contribution in [0.4, 0.5) is 0 Å². The fraction of sp³-hybridized carbons (Fsp3) is 0.948. The molecule has 25 nitrogen and oxygen atoms in total. The summed E-state index contributed by atoms with van der Waals surface area (Å²) in [6.07, 6.45) is -27.7. The van der Waals surface area contributed by atoms with E-state index >= 15 is 4.79 Å². The monoisotopic (exact) mass is 1190 g/mol. The maximum absolute atomic E-state index is 15.2. The zero-order chi connectivity index (χ0) is 60.4. The lowest BCUT2D eigenvalue weighted by atomic mass is 9.33. The van der Waals surface area contributed by atoms with Crippen molar-refractivity contribution in [3.63, 3.8) is 0 Å². The molecule has 9 fully saturated rings. The van der Waals surface area contributed by atoms with Gasteiger partial charge in [-0.25, -0.2) is 0 Å². The Morgan fingerprint density at radius 1 is 0.566 bits per heavy atom. The normalized spacial score (nSPS) is 55.4. The number of carbonyl (C=O) groups excluding carboxylic acids is 1. The Balaban J connectivity index is 0.873. The standard InChI is InChI=1S/C58H94O25/c1-23-11-16-58(53(73)83-51-45(72)41(68)38(65)30(79-51)22-76-48-43(70)40(67)37(64)29(19-59)78-48)18-17-56(7)26(34(58)24(23)2)9-10-32-55(6)14-13-33(54(4,5)31(55)12-15-57(32,56)8)80-52-47(82-50-44(71)39(66)35(62)25(3)77-50)46(28(61)21-75-52)81-49-42(69)36(63)27(60)20-74-49/h9,23-25,27-52,59-72H,10-22H2,1-8H3/t23-,24+,25+,27+,28+,29-,30-,31+,32-,33+,34+,35+,36+,37-,38-,39-,40+,41+,42-,43-,44-,45-,46+,47-,48-,49+,50+,51+,52+,55+,56-,57-,58+/m1/s1. The first-order valence-electron chi connectivity index (χ1n) is 30.1. The van der Waals surface area contributed by atoms with Gasteiger partial charge in [-0.15, -0.1) is 0 Å². The summed E-state index contributed by atoms with van der Waals surface area (Å²) in [5.41, 5.74) is -1.14. The second-order valence-corrected chi connectivity index (χ2v) is 27.6. The minimum atomic E-state index is -1.84. The number of rotatable bonds is 12. The fourth-order valence-electron chi connectivity index (χ4n) is 17.5. The maximum atomic E-state index is 15.2. The van der Waals surface area contributed by atoms with E-state index in [9.17, 15) is 71.5 Å². The number of ether oxygens (including phenoxy) is 10. The van der Waals surface area contributed by atoms with Crippen molar-refractivity contribution in [3.05, 3.63) is 11.6 Å². The largest absolute Gasteiger partial charge is 0.432 e. The molecule has 0 unspecified atom stereocenters. The molecule has 4 saturated carbocycles. The third kappa shape index (κ3) is 10.7. The number of hydrogen-bond acceptors (Lipinski definition) is 25. The summed E-state index contributed by atoms with van der Waals surface area (Å²) in [4.78, 5) is 15.2. The summed E-state index contributed by atoms with van der Waals surface area (Å²) in [5.74, 6) is -0.239. The number of hydrogen-bond donors (Lipinski definition) is 14. The van der Waals surface area contributed by atoms with Crippen molar-refractivity contribution in [1.29, 1.82) is 0 Å². The number of esters is 1. The van der Waals surface area contributed by atoms with Crippen molar-refractivity contribution < 1.29 is 124 Å². The molecule has 0 aromatic rings. The average molecular weight is 1190 g/mol. The van der Waals surface area contributed by atoms with Crippen molar-refractivity contribution in [3.8, 4) is 0 Å². The number of aliphatic hydroxyl groups is 14. The van der Waals surface area contributed by atoms with Gasteiger partial charge in [0.05, 0.1) is 44.1 Å². The SMILES string of the molecule is C[C@H]1[C@H](C)CC[C@]2(C(=O)O[C@@H]3O[C@H](CO[C@@H]4O[C@H](CO)[C@@H](O)[C@H](O)[C@H]4O)[C@@H](O)[C@H](O)[C@H]3O)CC[C@]3(C)C(=CC[C@@H]4[C@@]5(C)CC[C@H](O[C@@H]6OC[C@H](O)[C@H](O[C@@H]7OC[C@H](O)[C@H](O)[C@H]7O)[C@H]6O[C@@H]6O[C@@H](C)[C@H](O)[C@@H](O)[C@H]6O)C(C)(C)[C@@H]5CC[C@]43C)[C@H]12. The second-order valence-electron chi connectivity index (χ2n) is 27.6. The van der Waals surface area contributed by atoms with E-state index < -0.39 is 177 Å². The molecule has 0 aromatic heterocycles. The Kier molecular flexibility index (Phi) is 18.5. The minimum Gasteiger partial charge on any atom is -0.432 e. The van der Waals surface area contributed by atoms with Crippen LogP contribution in [0.5, 0.6) is 0 Å². The van der Waals surface area contributed by atoms with Gasteiger partial charge in [0.1, 0.15) is 104 Å². The summed E-state index contributed by atoms with van der Waals surface area (Å²) in [6.45, 7) is 15.5. The third-order valence-electron chi connectivity index (χ3n) is 23.0. The number of fused-ring (bicyclic) bond motifs is 7. The van der Waals surface area contributed by atoms with E-state index in [-0.39, 0.29) is 59.0 Å². The van der Waals surface area contributed by atoms with E-state index in [1.165, 1.54) is 12.5 Å². The molecule has 14 N–H and O–H groups in total. The molecular weight excluding hydrogens is 1100 g/mol. The topological polar surface area (TPSA) is 393 Å². The summed E-state index contributed by atoms with van der Waals surface area (Å²) in [6, 6.07) is 0. The van der Waals surface area contributed by atoms with E-state index in [1.807, 2.05) is 0 Å². The highest BCUT2D eigenvalue weighted by Crippen LogP contribution is 2.76. The van der Waals surface area contributed by atoms with Crippen molar-refractivity contribution >= 4 is 5.97 Å². The highest BCUT2D eigenvalue weighted by Gasteiger charge is 2.71. The van der Waals surface area contributed by atoms with Gasteiger partial charge in [0.25, 0.3) is 0 Å². The molecular formula is C58H94O25. The molecule has 0 aromatic carbocycles. The Morgan fingerprint density at radius 2 is 1.17 bits per heavy atom. The van der Waals surface area contributed by atoms with Crippen molar-refractivity contribution in [2.45, 2.75) is 261 Å². The predicted molar refractivity (Wildman–Crippen MR) is 282 cm³/mol. The first kappa shape index (κ1) is 64.3. The molecule has 5 heterocycles. The van der Waals surface area contributed by atoms with Gasteiger partial charge in [-0.2, -0.15) is 0 Å². The van der Waals surface area contributed by atoms with Gasteiger partial charge in [0.15, 0.2) is 25.2 Å². The van der Waals surface area contributed by atoms with Gasteiger partial charge in [0.2, 0.25) is 6.29 Å². The maximum Gasteiger partial charge on any atom is 0.315 e. The predicted octanol–water partition coefficient (Wildman–Crippen LogP) is -2.05. The first-order chi connectivity index (χ1) is 39.0. The van der Waals surface area contributed by atoms with Crippen molar-refractivity contribution in [1.82, 2.24) is 0 Å². The van der Waals surface area contributed by atoms with Crippen LogP contribution in [-0.2, 0) is 52.2 Å². The van der Waals surface area contributed by atoms with Gasteiger partial charge in [-0.3, -0.25) is 4.79 Å². The Labute approximate surface area is 483 Å². The molecule has 83 heavy (non-hydrogen) atoms. The van der Waals surface area contributed by atoms with Crippen LogP contribution in [0.25, 0.3) is 0 Å². The summed E-state index contributed by atoms with van der Waals surface area (Å²) < 4.78 is 60.5. The van der Waals surface area contributed by atoms with Gasteiger partial charge >= 0.3 is 5.97 Å². The molecule has 10 aliphatic rings. The average Bonchev–Trinajstić information content (AvgIpc) is 3.21. The highest BCUT2D eigenvalue weighted by atomic mass is 16.8. The number of carbonyl (C=O) groups is 1. The quantitative estimate of drug-likeness (QED) is 0.0568. The molecule has 5 saturated heterocycles. The smallest absolute Gasteiger partial charge is 0.315 e. The van der Waals surface area contributed by atoms with Crippen LogP contribution < -0.4 is 0 Å². The second kappa shape index (κ2) is 23.9. The van der Waals surface area contributed by atoms with Crippen LogP contribution in [-0.4, -0.2) is 251 Å². The number of aliphatic hydroxyl groups excluding tert-OH is 14. The van der Waals surface area contributed by atoms with Crippen molar-refractivity contribution in [2.24, 2.45) is 56.7 Å². The molecule has 33 atom stereocenters. The summed E-state index contributed by atoms with van der Waals surface area (Å²) in [7, 11) is 0. The van der Waals surface area contributed by atoms with Crippen LogP contribution in [0, 0.1) is 56.7 Å². The van der Waals surface area contributed by atoms with Crippen LogP contribution in [0.2, 0.25) is 0 Å². The van der Waals surface area contributed by atoms with Gasteiger partial charge in [0, 0.05) is 0 Å². The fourth-order valence-corrected chi connectivity index (χ4v) is 17.5. The van der Waals surface area contributed by atoms with Gasteiger partial charge in [-0.1, -0.05) is 60.1 Å². The zero-order valence-electron chi connectivity index (χ0n) is 48.8. The molecule has 0 amide bonds. The van der Waals surface area contributed by atoms with Crippen LogP contribution >= 0.6 is 0 Å². The minimum absolute atomic E-state index is 0.0405. The Hall–Kier alpha value is -1.71. The zero-order valence-corrected chi connectivity index (χ0v) is 48.8. The van der Waals surface area contributed by atoms with Gasteiger partial charge < -0.3 is 119 Å². The van der Waals surface area contributed by atoms with Crippen LogP contribution in [0.1, 0.15) is 113 Å². The lowest BCUT2D eigenvalue weighted by molar-refractivity contribution is -0.383. The molecule has 0 spiro atoms. The van der Waals surface area contributed by atoms with E-state index in [4.69, 9.17) is 47.4 Å². The lowest BCUT2D eigenvalue weighted by Crippen LogP contribution is -2.67. The lowest BCUT2D eigenvalue weighted by Gasteiger charge is -2.71. The van der Waals surface area contributed by atoms with E-state index in [0.29, 0.717) is 25.7 Å².